The van der Waals surface area contributed by atoms with Crippen molar-refractivity contribution in [2.75, 3.05) is 26.9 Å². The lowest BCUT2D eigenvalue weighted by Crippen LogP contribution is -2.29. The van der Waals surface area contributed by atoms with Crippen LogP contribution in [0.1, 0.15) is 42.6 Å². The van der Waals surface area contributed by atoms with Crippen molar-refractivity contribution in [2.24, 2.45) is 5.16 Å². The molecule has 0 fully saturated rings. The summed E-state index contributed by atoms with van der Waals surface area (Å²) < 4.78 is 0. The molecule has 23 heavy (non-hydrogen) atoms. The maximum Gasteiger partial charge on any atom is 0.212 e. The Morgan fingerprint density at radius 2 is 1.91 bits per heavy atom. The van der Waals surface area contributed by atoms with E-state index in [1.807, 2.05) is 38.2 Å². The van der Waals surface area contributed by atoms with Crippen molar-refractivity contribution in [1.82, 2.24) is 9.80 Å². The van der Waals surface area contributed by atoms with Crippen LogP contribution in [0.15, 0.2) is 40.8 Å². The minimum atomic E-state index is 0.0894. The number of unbranched alkanes of at least 4 members (excludes halogenated alkanes) is 1. The van der Waals surface area contributed by atoms with Crippen LogP contribution in [0, 0.1) is 0 Å². The Morgan fingerprint density at radius 1 is 1.17 bits per heavy atom. The van der Waals surface area contributed by atoms with Crippen molar-refractivity contribution in [2.45, 2.75) is 26.7 Å². The number of hydrogen-bond donors (Lipinski definition) is 0. The van der Waals surface area contributed by atoms with Crippen LogP contribution in [0.4, 0.5) is 0 Å². The summed E-state index contributed by atoms with van der Waals surface area (Å²) in [6.45, 7) is 6.18. The molecular formula is C18H23N3O2. The monoisotopic (exact) mass is 313 g/mol. The van der Waals surface area contributed by atoms with Crippen LogP contribution in [-0.4, -0.2) is 48.2 Å². The number of oxime groups is 1. The molecule has 3 rings (SSSR count). The fraction of sp³-hybridized carbons (Fsp3) is 0.444. The molecule has 1 heterocycles. The highest BCUT2D eigenvalue weighted by Gasteiger charge is 2.40. The fourth-order valence-electron chi connectivity index (χ4n) is 3.17. The molecule has 0 atom stereocenters. The number of fused-ring (bicyclic) bond motifs is 1. The van der Waals surface area contributed by atoms with E-state index in [9.17, 15) is 4.79 Å². The van der Waals surface area contributed by atoms with Gasteiger partial charge >= 0.3 is 0 Å². The second-order valence-corrected chi connectivity index (χ2v) is 5.89. The SMILES string of the molecule is CCCCN1CN(C)C2=C1C(=O)c1ccccc1C2=NOCC. The molecule has 0 amide bonds. The zero-order valence-electron chi connectivity index (χ0n) is 14.0. The van der Waals surface area contributed by atoms with Gasteiger partial charge in [-0.05, 0) is 13.3 Å². The third-order valence-corrected chi connectivity index (χ3v) is 4.24. The first kappa shape index (κ1) is 15.6. The second kappa shape index (κ2) is 6.44. The van der Waals surface area contributed by atoms with Crippen molar-refractivity contribution >= 4 is 11.5 Å². The van der Waals surface area contributed by atoms with Gasteiger partial charge in [0.1, 0.15) is 18.0 Å². The normalized spacial score (nSPS) is 18.6. The number of carbonyl (C=O) groups is 1. The fourth-order valence-corrected chi connectivity index (χ4v) is 3.17. The average molecular weight is 313 g/mol. The smallest absolute Gasteiger partial charge is 0.212 e. The predicted molar refractivity (Wildman–Crippen MR) is 90.2 cm³/mol. The Labute approximate surface area is 137 Å². The first-order valence-electron chi connectivity index (χ1n) is 8.23. The number of nitrogens with zero attached hydrogens (tertiary/aromatic N) is 3. The van der Waals surface area contributed by atoms with Crippen LogP contribution in [0.3, 0.4) is 0 Å². The first-order valence-corrected chi connectivity index (χ1v) is 8.23. The minimum absolute atomic E-state index is 0.0894. The van der Waals surface area contributed by atoms with Gasteiger partial charge in [0.15, 0.2) is 0 Å². The van der Waals surface area contributed by atoms with Gasteiger partial charge in [-0.25, -0.2) is 0 Å². The third-order valence-electron chi connectivity index (χ3n) is 4.24. The molecule has 0 aromatic heterocycles. The lowest BCUT2D eigenvalue weighted by atomic mass is 9.89. The van der Waals surface area contributed by atoms with Crippen molar-refractivity contribution in [3.63, 3.8) is 0 Å². The maximum atomic E-state index is 13.0. The molecule has 0 radical (unpaired) electrons. The quantitative estimate of drug-likeness (QED) is 0.784. The number of allylic oxidation sites excluding steroid dienone is 2. The Morgan fingerprint density at radius 3 is 2.61 bits per heavy atom. The van der Waals surface area contributed by atoms with Crippen LogP contribution < -0.4 is 0 Å². The summed E-state index contributed by atoms with van der Waals surface area (Å²) >= 11 is 0. The summed E-state index contributed by atoms with van der Waals surface area (Å²) in [5.41, 5.74) is 3.98. The van der Waals surface area contributed by atoms with Crippen molar-refractivity contribution in [1.29, 1.82) is 0 Å². The van der Waals surface area contributed by atoms with E-state index in [0.29, 0.717) is 12.2 Å². The molecule has 0 spiro atoms. The van der Waals surface area contributed by atoms with Crippen LogP contribution in [-0.2, 0) is 4.84 Å². The van der Waals surface area contributed by atoms with Crippen LogP contribution in [0.25, 0.3) is 0 Å². The second-order valence-electron chi connectivity index (χ2n) is 5.89. The van der Waals surface area contributed by atoms with Crippen LogP contribution in [0.2, 0.25) is 0 Å². The van der Waals surface area contributed by atoms with Crippen molar-refractivity contribution < 1.29 is 9.63 Å². The summed E-state index contributed by atoms with van der Waals surface area (Å²) in [7, 11) is 2.00. The van der Waals surface area contributed by atoms with Gasteiger partial charge in [0.05, 0.1) is 12.4 Å². The average Bonchev–Trinajstić information content (AvgIpc) is 2.90. The first-order chi connectivity index (χ1) is 11.2. The highest BCUT2D eigenvalue weighted by Crippen LogP contribution is 2.34. The van der Waals surface area contributed by atoms with Gasteiger partial charge in [-0.3, -0.25) is 4.79 Å². The number of carbonyl (C=O) groups excluding carboxylic acids is 1. The highest BCUT2D eigenvalue weighted by atomic mass is 16.6. The molecule has 0 N–H and O–H groups in total. The van der Waals surface area contributed by atoms with E-state index in [1.54, 1.807) is 0 Å². The molecule has 0 unspecified atom stereocenters. The molecule has 0 bridgehead atoms. The van der Waals surface area contributed by atoms with Gasteiger partial charge in [0.2, 0.25) is 5.78 Å². The van der Waals surface area contributed by atoms with Gasteiger partial charge < -0.3 is 14.6 Å². The Hall–Kier alpha value is -2.30. The Balaban J connectivity index is 2.11. The van der Waals surface area contributed by atoms with Crippen molar-refractivity contribution in [3.8, 4) is 0 Å². The molecule has 1 aromatic rings. The van der Waals surface area contributed by atoms with E-state index in [-0.39, 0.29) is 5.78 Å². The Bertz CT molecular complexity index is 679. The summed E-state index contributed by atoms with van der Waals surface area (Å²) in [5.74, 6) is 0.0894. The zero-order valence-corrected chi connectivity index (χ0v) is 14.0. The topological polar surface area (TPSA) is 45.1 Å². The van der Waals surface area contributed by atoms with Gasteiger partial charge in [-0.15, -0.1) is 0 Å². The molecule has 1 aliphatic heterocycles. The molecular weight excluding hydrogens is 290 g/mol. The number of Topliss-reactive ketones (excluding diaryl/α,β-unsaturated/α-hetero) is 1. The lowest BCUT2D eigenvalue weighted by molar-refractivity contribution is 0.0992. The van der Waals surface area contributed by atoms with E-state index < -0.39 is 0 Å². The third kappa shape index (κ3) is 2.60. The zero-order chi connectivity index (χ0) is 16.4. The van der Waals surface area contributed by atoms with Crippen LogP contribution in [0.5, 0.6) is 0 Å². The lowest BCUT2D eigenvalue weighted by Gasteiger charge is -2.23. The van der Waals surface area contributed by atoms with E-state index in [4.69, 9.17) is 4.84 Å². The molecule has 0 saturated carbocycles. The van der Waals surface area contributed by atoms with Gasteiger partial charge in [-0.1, -0.05) is 42.8 Å². The number of rotatable bonds is 5. The predicted octanol–water partition coefficient (Wildman–Crippen LogP) is 2.84. The number of benzene rings is 1. The largest absolute Gasteiger partial charge is 0.396 e. The summed E-state index contributed by atoms with van der Waals surface area (Å²) in [4.78, 5) is 22.6. The van der Waals surface area contributed by atoms with E-state index >= 15 is 0 Å². The van der Waals surface area contributed by atoms with Gasteiger partial charge in [0.25, 0.3) is 0 Å². The molecule has 1 aliphatic carbocycles. The van der Waals surface area contributed by atoms with E-state index in [1.165, 1.54) is 0 Å². The molecule has 122 valence electrons. The summed E-state index contributed by atoms with van der Waals surface area (Å²) in [6, 6.07) is 7.65. The van der Waals surface area contributed by atoms with E-state index in [0.717, 1.165) is 48.7 Å². The molecule has 1 aromatic carbocycles. The van der Waals surface area contributed by atoms with Gasteiger partial charge in [0, 0.05) is 24.7 Å². The molecule has 0 saturated heterocycles. The van der Waals surface area contributed by atoms with Gasteiger partial charge in [-0.2, -0.15) is 0 Å². The molecule has 2 aliphatic rings. The number of hydrogen-bond acceptors (Lipinski definition) is 5. The molecule has 5 heteroatoms. The minimum Gasteiger partial charge on any atom is -0.396 e. The number of likely N-dealkylation sites (N-methyl/N-ethyl adjacent to an activating group) is 1. The highest BCUT2D eigenvalue weighted by molar-refractivity contribution is 6.28. The van der Waals surface area contributed by atoms with Crippen molar-refractivity contribution in [3.05, 3.63) is 46.8 Å². The standard InChI is InChI=1S/C18H23N3O2/c1-4-6-11-21-12-20(3)16-15(19-23-5-2)13-9-7-8-10-14(13)18(22)17(16)21/h7-10H,4-6,11-12H2,1-3H3. The summed E-state index contributed by atoms with van der Waals surface area (Å²) in [6.07, 6.45) is 2.17. The van der Waals surface area contributed by atoms with E-state index in [2.05, 4.69) is 21.9 Å². The molecule has 5 nitrogen and oxygen atoms in total. The van der Waals surface area contributed by atoms with Crippen LogP contribution >= 0.6 is 0 Å². The Kier molecular flexibility index (Phi) is 4.37. The summed E-state index contributed by atoms with van der Waals surface area (Å²) in [5, 5.41) is 4.32. The maximum absolute atomic E-state index is 13.0. The number of ketones is 1.